The van der Waals surface area contributed by atoms with Crippen LogP contribution in [0.2, 0.25) is 0 Å². The van der Waals surface area contributed by atoms with Gasteiger partial charge in [-0.25, -0.2) is 9.18 Å². The Hall–Kier alpha value is -3.46. The number of carboxylic acids is 1. The van der Waals surface area contributed by atoms with Gasteiger partial charge in [0, 0.05) is 19.1 Å². The maximum absolute atomic E-state index is 14.7. The minimum absolute atomic E-state index is 0.295. The predicted octanol–water partition coefficient (Wildman–Crippen LogP) is 2.25. The van der Waals surface area contributed by atoms with Gasteiger partial charge in [-0.3, -0.25) is 9.59 Å². The monoisotopic (exact) mass is 430 g/mol. The van der Waals surface area contributed by atoms with E-state index >= 15 is 0 Å². The molecular weight excluding hydrogens is 407 g/mol. The Labute approximate surface area is 178 Å². The van der Waals surface area contributed by atoms with E-state index in [9.17, 15) is 23.9 Å². The molecule has 2 aromatic rings. The molecule has 1 fully saturated rings. The van der Waals surface area contributed by atoms with Crippen molar-refractivity contribution in [2.45, 2.75) is 18.1 Å². The third-order valence-corrected chi connectivity index (χ3v) is 4.89. The van der Waals surface area contributed by atoms with Crippen molar-refractivity contribution in [2.24, 2.45) is 0 Å². The molecule has 1 saturated heterocycles. The molecule has 0 unspecified atom stereocenters. The predicted molar refractivity (Wildman–Crippen MR) is 109 cm³/mol. The van der Waals surface area contributed by atoms with Gasteiger partial charge in [-0.2, -0.15) is 0 Å². The number of alkyl halides is 1. The highest BCUT2D eigenvalue weighted by Gasteiger charge is 2.49. The van der Waals surface area contributed by atoms with Crippen LogP contribution in [0.1, 0.15) is 16.8 Å². The molecule has 0 bridgehead atoms. The Morgan fingerprint density at radius 1 is 1.13 bits per heavy atom. The number of carboxylic acid groups (broad SMARTS) is 1. The van der Waals surface area contributed by atoms with E-state index in [-0.39, 0.29) is 13.0 Å². The van der Waals surface area contributed by atoms with Crippen molar-refractivity contribution in [3.63, 3.8) is 0 Å². The van der Waals surface area contributed by atoms with Gasteiger partial charge >= 0.3 is 5.97 Å². The molecule has 31 heavy (non-hydrogen) atoms. The maximum atomic E-state index is 14.7. The van der Waals surface area contributed by atoms with Gasteiger partial charge in [0.1, 0.15) is 17.5 Å². The normalized spacial score (nSPS) is 20.3. The minimum atomic E-state index is -1.94. The summed E-state index contributed by atoms with van der Waals surface area (Å²) in [4.78, 5) is 37.2. The standard InChI is InChI=1S/C22H23FN2O6/c1-30-14-22(23)11-18(21(28)29)25(13-22)19(26)12-24-20(27)15-7-9-17(10-8-15)31-16-5-3-2-4-6-16/h2-10,18H,11-14H2,1H3,(H,24,27)(H,28,29)/t18-,22+/m0/s1. The van der Waals surface area contributed by atoms with Gasteiger partial charge in [-0.15, -0.1) is 0 Å². The zero-order valence-electron chi connectivity index (χ0n) is 16.9. The topological polar surface area (TPSA) is 105 Å². The average molecular weight is 430 g/mol. The first kappa shape index (κ1) is 22.2. The minimum Gasteiger partial charge on any atom is -0.480 e. The highest BCUT2D eigenvalue weighted by atomic mass is 19.1. The summed E-state index contributed by atoms with van der Waals surface area (Å²) < 4.78 is 25.2. The number of ether oxygens (including phenoxy) is 2. The lowest BCUT2D eigenvalue weighted by atomic mass is 10.0. The molecule has 8 nitrogen and oxygen atoms in total. The molecule has 2 amide bonds. The van der Waals surface area contributed by atoms with Crippen LogP contribution in [0.3, 0.4) is 0 Å². The third kappa shape index (κ3) is 5.58. The summed E-state index contributed by atoms with van der Waals surface area (Å²) in [7, 11) is 1.30. The largest absolute Gasteiger partial charge is 0.480 e. The van der Waals surface area contributed by atoms with Crippen LogP contribution in [0.25, 0.3) is 0 Å². The summed E-state index contributed by atoms with van der Waals surface area (Å²) in [5, 5.41) is 11.8. The molecule has 9 heteroatoms. The number of benzene rings is 2. The van der Waals surface area contributed by atoms with E-state index in [4.69, 9.17) is 9.47 Å². The molecule has 0 aliphatic carbocycles. The molecular formula is C22H23FN2O6. The van der Waals surface area contributed by atoms with Crippen LogP contribution in [0.15, 0.2) is 54.6 Å². The highest BCUT2D eigenvalue weighted by Crippen LogP contribution is 2.31. The van der Waals surface area contributed by atoms with Crippen LogP contribution >= 0.6 is 0 Å². The Morgan fingerprint density at radius 3 is 2.39 bits per heavy atom. The second-order valence-electron chi connectivity index (χ2n) is 7.29. The van der Waals surface area contributed by atoms with Gasteiger partial charge in [0.05, 0.1) is 19.7 Å². The smallest absolute Gasteiger partial charge is 0.326 e. The van der Waals surface area contributed by atoms with Crippen molar-refractivity contribution < 1.29 is 33.4 Å². The number of likely N-dealkylation sites (tertiary alicyclic amines) is 1. The Morgan fingerprint density at radius 2 is 1.77 bits per heavy atom. The summed E-state index contributed by atoms with van der Waals surface area (Å²) in [5.74, 6) is -1.31. The fourth-order valence-corrected chi connectivity index (χ4v) is 3.44. The van der Waals surface area contributed by atoms with Crippen LogP contribution in [-0.4, -0.2) is 66.3 Å². The second kappa shape index (κ2) is 9.57. The zero-order chi connectivity index (χ0) is 22.4. The van der Waals surface area contributed by atoms with E-state index in [1.54, 1.807) is 36.4 Å². The molecule has 0 aromatic heterocycles. The van der Waals surface area contributed by atoms with Gasteiger partial charge in [-0.1, -0.05) is 18.2 Å². The fourth-order valence-electron chi connectivity index (χ4n) is 3.44. The number of para-hydroxylation sites is 1. The summed E-state index contributed by atoms with van der Waals surface area (Å²) >= 11 is 0. The first-order valence-electron chi connectivity index (χ1n) is 9.62. The van der Waals surface area contributed by atoms with E-state index in [1.165, 1.54) is 7.11 Å². The van der Waals surface area contributed by atoms with Gasteiger partial charge in [-0.05, 0) is 36.4 Å². The molecule has 0 radical (unpaired) electrons. The number of amides is 2. The quantitative estimate of drug-likeness (QED) is 0.666. The number of aliphatic carboxylic acids is 1. The molecule has 0 spiro atoms. The van der Waals surface area contributed by atoms with Gasteiger partial charge in [0.25, 0.3) is 5.91 Å². The molecule has 1 aliphatic rings. The lowest BCUT2D eigenvalue weighted by Gasteiger charge is -2.22. The summed E-state index contributed by atoms with van der Waals surface area (Å²) in [6.07, 6.45) is -0.362. The number of rotatable bonds is 8. The van der Waals surface area contributed by atoms with Gasteiger partial charge in [0.2, 0.25) is 5.91 Å². The van der Waals surface area contributed by atoms with Crippen LogP contribution in [-0.2, 0) is 14.3 Å². The van der Waals surface area contributed by atoms with Gasteiger partial charge < -0.3 is 24.8 Å². The van der Waals surface area contributed by atoms with Crippen LogP contribution < -0.4 is 10.1 Å². The lowest BCUT2D eigenvalue weighted by Crippen LogP contribution is -2.46. The number of halogens is 1. The number of nitrogens with zero attached hydrogens (tertiary/aromatic N) is 1. The first-order chi connectivity index (χ1) is 14.8. The lowest BCUT2D eigenvalue weighted by molar-refractivity contribution is -0.147. The Kier molecular flexibility index (Phi) is 6.86. The second-order valence-corrected chi connectivity index (χ2v) is 7.29. The maximum Gasteiger partial charge on any atom is 0.326 e. The third-order valence-electron chi connectivity index (χ3n) is 4.89. The SMILES string of the molecule is COC[C@@]1(F)C[C@@H](C(=O)O)N(C(=O)CNC(=O)c2ccc(Oc3ccccc3)cc2)C1. The van der Waals surface area contributed by atoms with Crippen LogP contribution in [0, 0.1) is 0 Å². The molecule has 1 heterocycles. The number of carbonyl (C=O) groups excluding carboxylic acids is 2. The average Bonchev–Trinajstić information content (AvgIpc) is 3.11. The van der Waals surface area contributed by atoms with E-state index in [0.717, 1.165) is 4.90 Å². The van der Waals surface area contributed by atoms with E-state index < -0.39 is 42.6 Å². The summed E-state index contributed by atoms with van der Waals surface area (Å²) in [6, 6.07) is 14.2. The van der Waals surface area contributed by atoms with Crippen molar-refractivity contribution in [1.82, 2.24) is 10.2 Å². The zero-order valence-corrected chi connectivity index (χ0v) is 16.9. The van der Waals surface area contributed by atoms with Crippen molar-refractivity contribution in [1.29, 1.82) is 0 Å². The number of carbonyl (C=O) groups is 3. The van der Waals surface area contributed by atoms with Crippen molar-refractivity contribution in [3.05, 3.63) is 60.2 Å². The Bertz CT molecular complexity index is 937. The Balaban J connectivity index is 1.57. The molecule has 1 aliphatic heterocycles. The molecule has 164 valence electrons. The number of hydrogen-bond acceptors (Lipinski definition) is 5. The molecule has 2 aromatic carbocycles. The molecule has 2 atom stereocenters. The number of hydrogen-bond donors (Lipinski definition) is 2. The highest BCUT2D eigenvalue weighted by molar-refractivity contribution is 5.97. The molecule has 2 N–H and O–H groups in total. The summed E-state index contributed by atoms with van der Waals surface area (Å²) in [6.45, 7) is -1.17. The first-order valence-corrected chi connectivity index (χ1v) is 9.62. The van der Waals surface area contributed by atoms with Crippen molar-refractivity contribution in [3.8, 4) is 11.5 Å². The van der Waals surface area contributed by atoms with E-state index in [1.807, 2.05) is 18.2 Å². The van der Waals surface area contributed by atoms with Crippen molar-refractivity contribution >= 4 is 17.8 Å². The molecule has 0 saturated carbocycles. The van der Waals surface area contributed by atoms with E-state index in [0.29, 0.717) is 17.1 Å². The van der Waals surface area contributed by atoms with Crippen LogP contribution in [0.5, 0.6) is 11.5 Å². The fraction of sp³-hybridized carbons (Fsp3) is 0.318. The van der Waals surface area contributed by atoms with E-state index in [2.05, 4.69) is 5.32 Å². The molecule has 3 rings (SSSR count). The van der Waals surface area contributed by atoms with Crippen LogP contribution in [0.4, 0.5) is 4.39 Å². The number of methoxy groups -OCH3 is 1. The van der Waals surface area contributed by atoms with Crippen molar-refractivity contribution in [2.75, 3.05) is 26.8 Å². The van der Waals surface area contributed by atoms with Gasteiger partial charge in [0.15, 0.2) is 5.67 Å². The summed E-state index contributed by atoms with van der Waals surface area (Å²) in [5.41, 5.74) is -1.64. The number of nitrogens with one attached hydrogen (secondary N) is 1.